The molecule has 0 atom stereocenters. The zero-order chi connectivity index (χ0) is 15.4. The van der Waals surface area contributed by atoms with Gasteiger partial charge >= 0.3 is 5.97 Å². The van der Waals surface area contributed by atoms with Crippen molar-refractivity contribution in [2.24, 2.45) is 5.73 Å². The summed E-state index contributed by atoms with van der Waals surface area (Å²) in [6.45, 7) is 0.303. The summed E-state index contributed by atoms with van der Waals surface area (Å²) in [5, 5.41) is 8.84. The Labute approximate surface area is 135 Å². The van der Waals surface area contributed by atoms with E-state index in [1.807, 2.05) is 6.07 Å². The fourth-order valence-electron chi connectivity index (χ4n) is 1.73. The van der Waals surface area contributed by atoms with Crippen molar-refractivity contribution < 1.29 is 14.6 Å². The molecule has 0 saturated heterocycles. The molecule has 0 aliphatic heterocycles. The van der Waals surface area contributed by atoms with Crippen molar-refractivity contribution in [1.29, 1.82) is 0 Å². The van der Waals surface area contributed by atoms with E-state index >= 15 is 0 Å². The highest BCUT2D eigenvalue weighted by atomic mass is 79.9. The molecular weight excluding hydrogens is 354 g/mol. The fraction of sp³-hybridized carbons (Fsp3) is 0.0667. The van der Waals surface area contributed by atoms with E-state index in [4.69, 9.17) is 27.8 Å². The number of benzene rings is 2. The number of nitrogens with two attached hydrogens (primary N) is 1. The van der Waals surface area contributed by atoms with Gasteiger partial charge in [-0.1, -0.05) is 40.3 Å². The normalized spacial score (nSPS) is 10.1. The van der Waals surface area contributed by atoms with Crippen molar-refractivity contribution in [3.63, 3.8) is 0 Å². The molecule has 0 spiro atoms. The largest absolute Gasteiger partial charge is 0.488 e. The molecule has 0 aromatic heterocycles. The summed E-state index contributed by atoms with van der Waals surface area (Å²) < 4.78 is 6.57. The van der Waals surface area contributed by atoms with Crippen LogP contribution >= 0.6 is 28.1 Å². The summed E-state index contributed by atoms with van der Waals surface area (Å²) in [4.78, 5) is 11.0. The summed E-state index contributed by atoms with van der Waals surface area (Å²) in [7, 11) is 0. The van der Waals surface area contributed by atoms with Gasteiger partial charge in [-0.05, 0) is 35.9 Å². The average Bonchev–Trinajstić information content (AvgIpc) is 2.46. The molecule has 0 unspecified atom stereocenters. The molecule has 2 aromatic carbocycles. The van der Waals surface area contributed by atoms with Crippen LogP contribution in [0.4, 0.5) is 0 Å². The van der Waals surface area contributed by atoms with Crippen LogP contribution in [0.5, 0.6) is 5.75 Å². The molecule has 2 rings (SSSR count). The molecule has 0 heterocycles. The first kappa shape index (κ1) is 15.5. The van der Waals surface area contributed by atoms with E-state index in [-0.39, 0.29) is 10.6 Å². The van der Waals surface area contributed by atoms with Crippen LogP contribution in [-0.4, -0.2) is 16.1 Å². The van der Waals surface area contributed by atoms with Gasteiger partial charge in [-0.25, -0.2) is 4.79 Å². The van der Waals surface area contributed by atoms with E-state index in [0.29, 0.717) is 17.9 Å². The zero-order valence-corrected chi connectivity index (χ0v) is 13.3. The van der Waals surface area contributed by atoms with Gasteiger partial charge in [0.15, 0.2) is 0 Å². The topological polar surface area (TPSA) is 72.5 Å². The maximum absolute atomic E-state index is 10.8. The van der Waals surface area contributed by atoms with E-state index in [0.717, 1.165) is 10.0 Å². The molecule has 108 valence electrons. The second-order valence-corrected chi connectivity index (χ2v) is 5.65. The molecule has 0 aliphatic rings. The smallest absolute Gasteiger partial charge is 0.335 e. The Morgan fingerprint density at radius 2 is 1.90 bits per heavy atom. The third-order valence-electron chi connectivity index (χ3n) is 2.80. The van der Waals surface area contributed by atoms with Gasteiger partial charge in [0.1, 0.15) is 17.3 Å². The molecule has 0 aliphatic carbocycles. The number of carbonyl (C=O) groups is 1. The van der Waals surface area contributed by atoms with E-state index in [2.05, 4.69) is 15.9 Å². The minimum absolute atomic E-state index is 0.242. The number of carboxylic acids is 1. The Hall–Kier alpha value is -1.92. The van der Waals surface area contributed by atoms with Gasteiger partial charge in [0.25, 0.3) is 0 Å². The van der Waals surface area contributed by atoms with Crippen molar-refractivity contribution in [2.75, 3.05) is 0 Å². The molecule has 4 nitrogen and oxygen atoms in total. The summed E-state index contributed by atoms with van der Waals surface area (Å²) >= 11 is 8.35. The van der Waals surface area contributed by atoms with Crippen LogP contribution in [0, 0.1) is 0 Å². The summed E-state index contributed by atoms with van der Waals surface area (Å²) in [5.74, 6) is -0.362. The lowest BCUT2D eigenvalue weighted by Crippen LogP contribution is -2.11. The van der Waals surface area contributed by atoms with Crippen molar-refractivity contribution in [3.05, 3.63) is 63.6 Å². The van der Waals surface area contributed by atoms with E-state index in [9.17, 15) is 4.79 Å². The predicted molar refractivity (Wildman–Crippen MR) is 87.8 cm³/mol. The molecular formula is C15H12BrNO3S. The number of carboxylic acid groups (broad SMARTS) is 1. The lowest BCUT2D eigenvalue weighted by molar-refractivity contribution is 0.0697. The second kappa shape index (κ2) is 6.69. The maximum Gasteiger partial charge on any atom is 0.335 e. The van der Waals surface area contributed by atoms with Gasteiger partial charge in [0.2, 0.25) is 0 Å². The van der Waals surface area contributed by atoms with Crippen LogP contribution in [0.1, 0.15) is 21.5 Å². The highest BCUT2D eigenvalue weighted by Gasteiger charge is 2.08. The summed E-state index contributed by atoms with van der Waals surface area (Å²) in [6.07, 6.45) is 0. The van der Waals surface area contributed by atoms with Crippen molar-refractivity contribution in [3.8, 4) is 5.75 Å². The molecule has 6 heteroatoms. The predicted octanol–water partition coefficient (Wildman–Crippen LogP) is 3.36. The van der Waals surface area contributed by atoms with Crippen molar-refractivity contribution in [2.45, 2.75) is 6.61 Å². The summed E-state index contributed by atoms with van der Waals surface area (Å²) in [5.41, 5.74) is 7.43. The number of hydrogen-bond donors (Lipinski definition) is 2. The maximum atomic E-state index is 10.8. The highest BCUT2D eigenvalue weighted by Crippen LogP contribution is 2.24. The third kappa shape index (κ3) is 4.03. The van der Waals surface area contributed by atoms with Crippen LogP contribution in [-0.2, 0) is 6.61 Å². The molecule has 0 amide bonds. The fourth-order valence-corrected chi connectivity index (χ4v) is 2.25. The minimum Gasteiger partial charge on any atom is -0.488 e. The SMILES string of the molecule is NC(=S)c1cc(Br)ccc1OCc1ccc(C(=O)O)cc1. The highest BCUT2D eigenvalue weighted by molar-refractivity contribution is 9.10. The first-order valence-corrected chi connectivity index (χ1v) is 7.22. The molecule has 0 fully saturated rings. The Kier molecular flexibility index (Phi) is 4.93. The molecule has 0 radical (unpaired) electrons. The molecule has 3 N–H and O–H groups in total. The minimum atomic E-state index is -0.953. The third-order valence-corrected chi connectivity index (χ3v) is 3.52. The molecule has 0 saturated carbocycles. The Bertz CT molecular complexity index is 686. The average molecular weight is 366 g/mol. The quantitative estimate of drug-likeness (QED) is 0.794. The van der Waals surface area contributed by atoms with E-state index in [1.54, 1.807) is 24.3 Å². The Morgan fingerprint density at radius 1 is 1.24 bits per heavy atom. The van der Waals surface area contributed by atoms with Gasteiger partial charge in [-0.3, -0.25) is 0 Å². The number of hydrogen-bond acceptors (Lipinski definition) is 3. The Balaban J connectivity index is 2.13. The number of aromatic carboxylic acids is 1. The molecule has 21 heavy (non-hydrogen) atoms. The van der Waals surface area contributed by atoms with Crippen LogP contribution < -0.4 is 10.5 Å². The van der Waals surface area contributed by atoms with Crippen molar-refractivity contribution in [1.82, 2.24) is 0 Å². The number of rotatable bonds is 5. The number of thiocarbonyl (C=S) groups is 1. The first-order chi connectivity index (χ1) is 9.97. The van der Waals surface area contributed by atoms with Gasteiger partial charge in [-0.2, -0.15) is 0 Å². The standard InChI is InChI=1S/C15H12BrNO3S/c16-11-5-6-13(12(7-11)14(17)21)20-8-9-1-3-10(4-2-9)15(18)19/h1-7H,8H2,(H2,17,21)(H,18,19). The Morgan fingerprint density at radius 3 is 2.48 bits per heavy atom. The molecule has 0 bridgehead atoms. The molecule has 2 aromatic rings. The van der Waals surface area contributed by atoms with Crippen LogP contribution in [0.15, 0.2) is 46.9 Å². The summed E-state index contributed by atoms with van der Waals surface area (Å²) in [6, 6.07) is 11.9. The van der Waals surface area contributed by atoms with Gasteiger partial charge in [0, 0.05) is 4.47 Å². The van der Waals surface area contributed by atoms with Gasteiger partial charge in [-0.15, -0.1) is 0 Å². The second-order valence-electron chi connectivity index (χ2n) is 4.30. The van der Waals surface area contributed by atoms with Crippen LogP contribution in [0.3, 0.4) is 0 Å². The first-order valence-electron chi connectivity index (χ1n) is 6.02. The van der Waals surface area contributed by atoms with Crippen molar-refractivity contribution >= 4 is 39.1 Å². The van der Waals surface area contributed by atoms with Gasteiger partial charge < -0.3 is 15.6 Å². The number of halogens is 1. The van der Waals surface area contributed by atoms with E-state index in [1.165, 1.54) is 12.1 Å². The van der Waals surface area contributed by atoms with E-state index < -0.39 is 5.97 Å². The lowest BCUT2D eigenvalue weighted by atomic mass is 10.1. The lowest BCUT2D eigenvalue weighted by Gasteiger charge is -2.11. The van der Waals surface area contributed by atoms with Gasteiger partial charge in [0.05, 0.1) is 11.1 Å². The monoisotopic (exact) mass is 365 g/mol. The number of ether oxygens (including phenoxy) is 1. The van der Waals surface area contributed by atoms with Crippen LogP contribution in [0.2, 0.25) is 0 Å². The zero-order valence-electron chi connectivity index (χ0n) is 10.9. The van der Waals surface area contributed by atoms with Crippen LogP contribution in [0.25, 0.3) is 0 Å².